The van der Waals surface area contributed by atoms with Crippen LogP contribution >= 0.6 is 11.3 Å². The number of aromatic nitrogens is 2. The van der Waals surface area contributed by atoms with Crippen LogP contribution in [0.15, 0.2) is 42.2 Å². The number of aliphatic hydroxyl groups excluding tert-OH is 1. The molecule has 3 heterocycles. The standard InChI is InChI=1S/C25H28F3N5O2S/c26-25(27,28)16-1-2-20-19(9-16)21(5-8-30-20)31-11-23(35)32-17-12-33(13-17)18-3-6-24(14-34,7-4-18)22-10-29-15-36-22/h1-2,5,8-10,15,17-18,34H,3-4,6-7,11-14H2,(H,30,31)(H,32,35). The van der Waals surface area contributed by atoms with Crippen LogP contribution in [-0.2, 0) is 16.4 Å². The van der Waals surface area contributed by atoms with Crippen LogP contribution in [-0.4, -0.2) is 64.2 Å². The number of nitrogens with zero attached hydrogens (tertiary/aromatic N) is 3. The lowest BCUT2D eigenvalue weighted by molar-refractivity contribution is -0.137. The normalized spacial score (nSPS) is 23.4. The number of carbonyl (C=O) groups excluding carboxylic acids is 1. The lowest BCUT2D eigenvalue weighted by Gasteiger charge is -2.48. The third-order valence-corrected chi connectivity index (χ3v) is 8.49. The van der Waals surface area contributed by atoms with E-state index in [1.54, 1.807) is 17.4 Å². The van der Waals surface area contributed by atoms with Gasteiger partial charge in [-0.3, -0.25) is 19.7 Å². The molecule has 2 aliphatic rings. The molecule has 11 heteroatoms. The number of rotatable bonds is 7. The highest BCUT2D eigenvalue weighted by atomic mass is 32.1. The Balaban J connectivity index is 1.10. The van der Waals surface area contributed by atoms with Gasteiger partial charge < -0.3 is 15.7 Å². The molecular weight excluding hydrogens is 491 g/mol. The van der Waals surface area contributed by atoms with Gasteiger partial charge in [-0.25, -0.2) is 0 Å². The molecule has 0 atom stereocenters. The van der Waals surface area contributed by atoms with Gasteiger partial charge in [-0.15, -0.1) is 11.3 Å². The summed E-state index contributed by atoms with van der Waals surface area (Å²) in [6.45, 7) is 1.65. The molecule has 7 nitrogen and oxygen atoms in total. The van der Waals surface area contributed by atoms with Gasteiger partial charge in [0.1, 0.15) is 0 Å². The van der Waals surface area contributed by atoms with Crippen molar-refractivity contribution in [2.75, 3.05) is 31.6 Å². The van der Waals surface area contributed by atoms with E-state index in [9.17, 15) is 23.1 Å². The first kappa shape index (κ1) is 24.9. The summed E-state index contributed by atoms with van der Waals surface area (Å²) in [4.78, 5) is 24.3. The second kappa shape index (κ2) is 9.95. The van der Waals surface area contributed by atoms with E-state index < -0.39 is 11.7 Å². The Kier molecular flexibility index (Phi) is 6.88. The van der Waals surface area contributed by atoms with E-state index in [0.717, 1.165) is 55.8 Å². The number of hydrogen-bond acceptors (Lipinski definition) is 7. The molecule has 0 spiro atoms. The third kappa shape index (κ3) is 5.05. The number of nitrogens with one attached hydrogen (secondary N) is 2. The topological polar surface area (TPSA) is 90.4 Å². The number of alkyl halides is 3. The highest BCUT2D eigenvalue weighted by molar-refractivity contribution is 7.09. The summed E-state index contributed by atoms with van der Waals surface area (Å²) in [5, 5.41) is 16.3. The second-order valence-corrected chi connectivity index (χ2v) is 10.6. The lowest BCUT2D eigenvalue weighted by Crippen LogP contribution is -2.63. The van der Waals surface area contributed by atoms with E-state index in [2.05, 4.69) is 25.5 Å². The van der Waals surface area contributed by atoms with Crippen LogP contribution in [0.4, 0.5) is 18.9 Å². The molecule has 1 aromatic carbocycles. The second-order valence-electron chi connectivity index (χ2n) is 9.70. The van der Waals surface area contributed by atoms with Crippen molar-refractivity contribution in [2.24, 2.45) is 0 Å². The molecule has 1 aliphatic carbocycles. The largest absolute Gasteiger partial charge is 0.416 e. The number of thiazole rings is 1. The summed E-state index contributed by atoms with van der Waals surface area (Å²) in [7, 11) is 0. The molecular formula is C25H28F3N5O2S. The van der Waals surface area contributed by atoms with Crippen molar-refractivity contribution in [3.63, 3.8) is 0 Å². The van der Waals surface area contributed by atoms with Crippen LogP contribution in [0.5, 0.6) is 0 Å². The fourth-order valence-corrected chi connectivity index (χ4v) is 6.19. The smallest absolute Gasteiger partial charge is 0.395 e. The first-order valence-corrected chi connectivity index (χ1v) is 12.9. The van der Waals surface area contributed by atoms with Gasteiger partial charge in [0, 0.05) is 52.9 Å². The molecule has 0 bridgehead atoms. The minimum absolute atomic E-state index is 0.0385. The number of amides is 1. The van der Waals surface area contributed by atoms with Crippen molar-refractivity contribution < 1.29 is 23.1 Å². The zero-order valence-corrected chi connectivity index (χ0v) is 20.4. The minimum atomic E-state index is -4.45. The Hall–Kier alpha value is -2.76. The van der Waals surface area contributed by atoms with Crippen LogP contribution < -0.4 is 10.6 Å². The van der Waals surface area contributed by atoms with Gasteiger partial charge in [0.05, 0.1) is 35.8 Å². The molecule has 1 aliphatic heterocycles. The van der Waals surface area contributed by atoms with Gasteiger partial charge in [-0.2, -0.15) is 13.2 Å². The van der Waals surface area contributed by atoms with Crippen LogP contribution in [0, 0.1) is 0 Å². The molecule has 0 radical (unpaired) electrons. The van der Waals surface area contributed by atoms with Crippen molar-refractivity contribution in [1.29, 1.82) is 0 Å². The number of hydrogen-bond donors (Lipinski definition) is 3. The summed E-state index contributed by atoms with van der Waals surface area (Å²) in [5.41, 5.74) is 1.74. The summed E-state index contributed by atoms with van der Waals surface area (Å²) < 4.78 is 39.3. The number of anilines is 1. The minimum Gasteiger partial charge on any atom is -0.395 e. The Morgan fingerprint density at radius 3 is 2.67 bits per heavy atom. The monoisotopic (exact) mass is 519 g/mol. The average molecular weight is 520 g/mol. The molecule has 36 heavy (non-hydrogen) atoms. The molecule has 192 valence electrons. The fourth-order valence-electron chi connectivity index (χ4n) is 5.31. The summed E-state index contributed by atoms with van der Waals surface area (Å²) in [5.74, 6) is -0.204. The molecule has 1 amide bonds. The molecule has 1 saturated heterocycles. The van der Waals surface area contributed by atoms with Crippen LogP contribution in [0.3, 0.4) is 0 Å². The first-order chi connectivity index (χ1) is 17.3. The Morgan fingerprint density at radius 1 is 1.22 bits per heavy atom. The van der Waals surface area contributed by atoms with Crippen LogP contribution in [0.25, 0.3) is 10.9 Å². The van der Waals surface area contributed by atoms with Crippen molar-refractivity contribution in [3.05, 3.63) is 52.6 Å². The van der Waals surface area contributed by atoms with E-state index in [4.69, 9.17) is 0 Å². The third-order valence-electron chi connectivity index (χ3n) is 7.47. The quantitative estimate of drug-likeness (QED) is 0.440. The van der Waals surface area contributed by atoms with Gasteiger partial charge in [-0.1, -0.05) is 0 Å². The van der Waals surface area contributed by atoms with E-state index in [0.29, 0.717) is 22.6 Å². The number of benzene rings is 1. The zero-order valence-electron chi connectivity index (χ0n) is 19.6. The van der Waals surface area contributed by atoms with E-state index in [-0.39, 0.29) is 30.5 Å². The first-order valence-electron chi connectivity index (χ1n) is 12.0. The molecule has 2 fully saturated rings. The predicted octanol–water partition coefficient (Wildman–Crippen LogP) is 3.80. The fraction of sp³-hybridized carbons (Fsp3) is 0.480. The van der Waals surface area contributed by atoms with Gasteiger partial charge in [0.15, 0.2) is 0 Å². The van der Waals surface area contributed by atoms with E-state index in [1.807, 2.05) is 11.7 Å². The summed E-state index contributed by atoms with van der Waals surface area (Å²) >= 11 is 1.60. The number of halogens is 3. The lowest BCUT2D eigenvalue weighted by atomic mass is 9.71. The Labute approximate surface area is 210 Å². The van der Waals surface area contributed by atoms with Crippen LogP contribution in [0.1, 0.15) is 36.1 Å². The van der Waals surface area contributed by atoms with Crippen molar-refractivity contribution in [1.82, 2.24) is 20.2 Å². The maximum Gasteiger partial charge on any atom is 0.416 e. The van der Waals surface area contributed by atoms with Gasteiger partial charge >= 0.3 is 6.18 Å². The molecule has 2 aromatic heterocycles. The molecule has 3 N–H and O–H groups in total. The molecule has 3 aromatic rings. The SMILES string of the molecule is O=C(CNc1ccnc2ccc(C(F)(F)F)cc12)NC1CN(C2CCC(CO)(c3cncs3)CC2)C1. The van der Waals surface area contributed by atoms with Crippen molar-refractivity contribution in [3.8, 4) is 0 Å². The zero-order chi connectivity index (χ0) is 25.3. The Morgan fingerprint density at radius 2 is 2.00 bits per heavy atom. The van der Waals surface area contributed by atoms with Crippen LogP contribution in [0.2, 0.25) is 0 Å². The maximum atomic E-state index is 13.1. The molecule has 1 saturated carbocycles. The van der Waals surface area contributed by atoms with E-state index >= 15 is 0 Å². The number of aliphatic hydroxyl groups is 1. The highest BCUT2D eigenvalue weighted by Gasteiger charge is 2.41. The highest BCUT2D eigenvalue weighted by Crippen LogP contribution is 2.42. The number of carbonyl (C=O) groups is 1. The van der Waals surface area contributed by atoms with Crippen molar-refractivity contribution >= 4 is 33.8 Å². The molecule has 5 rings (SSSR count). The summed E-state index contributed by atoms with van der Waals surface area (Å²) in [6, 6.07) is 5.45. The van der Waals surface area contributed by atoms with Gasteiger partial charge in [-0.05, 0) is 49.9 Å². The summed E-state index contributed by atoms with van der Waals surface area (Å²) in [6.07, 6.45) is 2.76. The maximum absolute atomic E-state index is 13.1. The number of fused-ring (bicyclic) bond motifs is 1. The number of pyridine rings is 1. The number of likely N-dealkylation sites (tertiary alicyclic amines) is 1. The predicted molar refractivity (Wildman–Crippen MR) is 132 cm³/mol. The van der Waals surface area contributed by atoms with Crippen molar-refractivity contribution in [2.45, 2.75) is 49.4 Å². The van der Waals surface area contributed by atoms with E-state index in [1.165, 1.54) is 12.3 Å². The van der Waals surface area contributed by atoms with Gasteiger partial charge in [0.25, 0.3) is 0 Å². The van der Waals surface area contributed by atoms with Gasteiger partial charge in [0.2, 0.25) is 5.91 Å². The average Bonchev–Trinajstić information content (AvgIpc) is 3.40. The molecule has 0 unspecified atom stereocenters. The Bertz CT molecular complexity index is 1210.